The lowest BCUT2D eigenvalue weighted by Crippen LogP contribution is -2.47. The highest BCUT2D eigenvalue weighted by Crippen LogP contribution is 2.25. The second-order valence-corrected chi connectivity index (χ2v) is 9.73. The van der Waals surface area contributed by atoms with Crippen molar-refractivity contribution in [1.82, 2.24) is 9.80 Å². The van der Waals surface area contributed by atoms with Crippen molar-refractivity contribution in [3.8, 4) is 0 Å². The van der Waals surface area contributed by atoms with Crippen molar-refractivity contribution in [2.24, 2.45) is 0 Å². The average Bonchev–Trinajstić information content (AvgIpc) is 2.88. The van der Waals surface area contributed by atoms with Gasteiger partial charge in [-0.15, -0.1) is 0 Å². The standard InChI is InChI=1S/C30H35ClN2O/c1-2-3-9-24-14-16-26(17-15-24)30(34)33(23-27-12-7-8-13-29(27)31)28-18-20-32(21-19-28)22-25-10-5-4-6-11-25/h4-8,10-17,28H,2-3,9,18-23H2,1H3. The van der Waals surface area contributed by atoms with Crippen LogP contribution in [0.1, 0.15) is 59.7 Å². The van der Waals surface area contributed by atoms with Crippen LogP contribution in [0.2, 0.25) is 5.02 Å². The molecule has 34 heavy (non-hydrogen) atoms. The highest BCUT2D eigenvalue weighted by Gasteiger charge is 2.29. The second kappa shape index (κ2) is 12.2. The third kappa shape index (κ3) is 6.49. The molecule has 178 valence electrons. The highest BCUT2D eigenvalue weighted by molar-refractivity contribution is 6.31. The van der Waals surface area contributed by atoms with Gasteiger partial charge < -0.3 is 4.90 Å². The first-order valence-corrected chi connectivity index (χ1v) is 12.9. The van der Waals surface area contributed by atoms with Crippen molar-refractivity contribution in [1.29, 1.82) is 0 Å². The van der Waals surface area contributed by atoms with E-state index in [0.29, 0.717) is 6.54 Å². The molecule has 0 bridgehead atoms. The van der Waals surface area contributed by atoms with Crippen LogP contribution in [0, 0.1) is 0 Å². The molecule has 0 unspecified atom stereocenters. The summed E-state index contributed by atoms with van der Waals surface area (Å²) < 4.78 is 0. The predicted octanol–water partition coefficient (Wildman–Crippen LogP) is 6.99. The zero-order valence-corrected chi connectivity index (χ0v) is 20.9. The molecule has 1 fully saturated rings. The number of carbonyl (C=O) groups is 1. The summed E-state index contributed by atoms with van der Waals surface area (Å²) >= 11 is 6.49. The normalized spacial score (nSPS) is 14.8. The van der Waals surface area contributed by atoms with Gasteiger partial charge in [0, 0.05) is 42.8 Å². The Morgan fingerprint density at radius 1 is 0.912 bits per heavy atom. The quantitative estimate of drug-likeness (QED) is 0.333. The number of nitrogens with zero attached hydrogens (tertiary/aromatic N) is 2. The van der Waals surface area contributed by atoms with Crippen molar-refractivity contribution in [3.05, 3.63) is 106 Å². The zero-order chi connectivity index (χ0) is 23.8. The summed E-state index contributed by atoms with van der Waals surface area (Å²) in [6, 6.07) is 26.9. The summed E-state index contributed by atoms with van der Waals surface area (Å²) in [7, 11) is 0. The van der Waals surface area contributed by atoms with Crippen LogP contribution in [0.15, 0.2) is 78.9 Å². The minimum atomic E-state index is 0.100. The zero-order valence-electron chi connectivity index (χ0n) is 20.1. The molecular formula is C30H35ClN2O. The Hall–Kier alpha value is -2.62. The number of unbranched alkanes of at least 4 members (excludes halogenated alkanes) is 1. The number of halogens is 1. The minimum Gasteiger partial charge on any atom is -0.331 e. The smallest absolute Gasteiger partial charge is 0.254 e. The summed E-state index contributed by atoms with van der Waals surface area (Å²) in [5.74, 6) is 0.100. The average molecular weight is 475 g/mol. The molecule has 0 spiro atoms. The maximum absolute atomic E-state index is 13.7. The lowest BCUT2D eigenvalue weighted by molar-refractivity contribution is 0.0543. The van der Waals surface area contributed by atoms with Crippen molar-refractivity contribution in [3.63, 3.8) is 0 Å². The molecule has 3 aromatic rings. The molecule has 0 aliphatic carbocycles. The molecule has 3 aromatic carbocycles. The number of likely N-dealkylation sites (tertiary alicyclic amines) is 1. The maximum atomic E-state index is 13.7. The molecule has 0 aromatic heterocycles. The van der Waals surface area contributed by atoms with Crippen LogP contribution in [0.3, 0.4) is 0 Å². The van der Waals surface area contributed by atoms with Crippen molar-refractivity contribution < 1.29 is 4.79 Å². The fourth-order valence-electron chi connectivity index (χ4n) is 4.77. The van der Waals surface area contributed by atoms with Crippen LogP contribution in [0.25, 0.3) is 0 Å². The summed E-state index contributed by atoms with van der Waals surface area (Å²) in [6.07, 6.45) is 5.35. The van der Waals surface area contributed by atoms with Crippen LogP contribution in [0.5, 0.6) is 0 Å². The Labute approximate surface area is 209 Å². The predicted molar refractivity (Wildman–Crippen MR) is 141 cm³/mol. The summed E-state index contributed by atoms with van der Waals surface area (Å²) in [5.41, 5.74) is 4.40. The van der Waals surface area contributed by atoms with E-state index in [1.165, 1.54) is 24.0 Å². The van der Waals surface area contributed by atoms with E-state index in [-0.39, 0.29) is 11.9 Å². The van der Waals surface area contributed by atoms with E-state index >= 15 is 0 Å². The van der Waals surface area contributed by atoms with Gasteiger partial charge in [-0.25, -0.2) is 0 Å². The molecule has 4 rings (SSSR count). The van der Waals surface area contributed by atoms with E-state index in [1.807, 2.05) is 36.4 Å². The summed E-state index contributed by atoms with van der Waals surface area (Å²) in [4.78, 5) is 18.3. The lowest BCUT2D eigenvalue weighted by atomic mass is 9.99. The number of carbonyl (C=O) groups excluding carboxylic acids is 1. The topological polar surface area (TPSA) is 23.6 Å². The van der Waals surface area contributed by atoms with Gasteiger partial charge in [0.05, 0.1) is 0 Å². The van der Waals surface area contributed by atoms with Crippen molar-refractivity contribution >= 4 is 17.5 Å². The molecule has 1 aliphatic heterocycles. The number of aryl methyl sites for hydroxylation is 1. The number of hydrogen-bond donors (Lipinski definition) is 0. The fraction of sp³-hybridized carbons (Fsp3) is 0.367. The molecular weight excluding hydrogens is 440 g/mol. The molecule has 0 saturated carbocycles. The molecule has 0 radical (unpaired) electrons. The second-order valence-electron chi connectivity index (χ2n) is 9.32. The van der Waals surface area contributed by atoms with Crippen LogP contribution in [-0.4, -0.2) is 34.8 Å². The van der Waals surface area contributed by atoms with Gasteiger partial charge in [-0.1, -0.05) is 85.6 Å². The van der Waals surface area contributed by atoms with Crippen LogP contribution in [-0.2, 0) is 19.5 Å². The lowest BCUT2D eigenvalue weighted by Gasteiger charge is -2.39. The number of hydrogen-bond acceptors (Lipinski definition) is 2. The molecule has 3 nitrogen and oxygen atoms in total. The highest BCUT2D eigenvalue weighted by atomic mass is 35.5. The molecule has 1 saturated heterocycles. The first-order valence-electron chi connectivity index (χ1n) is 12.5. The van der Waals surface area contributed by atoms with Gasteiger partial charge in [0.2, 0.25) is 0 Å². The van der Waals surface area contributed by atoms with Crippen molar-refractivity contribution in [2.75, 3.05) is 13.1 Å². The van der Waals surface area contributed by atoms with E-state index < -0.39 is 0 Å². The molecule has 1 heterocycles. The molecule has 0 atom stereocenters. The maximum Gasteiger partial charge on any atom is 0.254 e. The van der Waals surface area contributed by atoms with E-state index in [4.69, 9.17) is 11.6 Å². The Kier molecular flexibility index (Phi) is 8.79. The van der Waals surface area contributed by atoms with Gasteiger partial charge in [-0.2, -0.15) is 0 Å². The van der Waals surface area contributed by atoms with Gasteiger partial charge >= 0.3 is 0 Å². The van der Waals surface area contributed by atoms with Gasteiger partial charge in [-0.05, 0) is 60.6 Å². The Balaban J connectivity index is 1.48. The third-order valence-electron chi connectivity index (χ3n) is 6.83. The molecule has 1 aliphatic rings. The first kappa shape index (κ1) is 24.5. The van der Waals surface area contributed by atoms with Gasteiger partial charge in [-0.3, -0.25) is 9.69 Å². The number of amides is 1. The largest absolute Gasteiger partial charge is 0.331 e. The monoisotopic (exact) mass is 474 g/mol. The third-order valence-corrected chi connectivity index (χ3v) is 7.19. The molecule has 0 N–H and O–H groups in total. The van der Waals surface area contributed by atoms with Crippen LogP contribution in [0.4, 0.5) is 0 Å². The number of rotatable bonds is 9. The van der Waals surface area contributed by atoms with Gasteiger partial charge in [0.15, 0.2) is 0 Å². The molecule has 4 heteroatoms. The first-order chi connectivity index (χ1) is 16.6. The number of benzene rings is 3. The van der Waals surface area contributed by atoms with Crippen LogP contribution >= 0.6 is 11.6 Å². The van der Waals surface area contributed by atoms with E-state index in [1.54, 1.807) is 0 Å². The Morgan fingerprint density at radius 3 is 2.26 bits per heavy atom. The van der Waals surface area contributed by atoms with Gasteiger partial charge in [0.1, 0.15) is 0 Å². The molecule has 1 amide bonds. The van der Waals surface area contributed by atoms with E-state index in [9.17, 15) is 4.79 Å². The summed E-state index contributed by atoms with van der Waals surface area (Å²) in [5, 5.41) is 0.719. The van der Waals surface area contributed by atoms with E-state index in [2.05, 4.69) is 59.2 Å². The summed E-state index contributed by atoms with van der Waals surface area (Å²) in [6.45, 7) is 5.68. The van der Waals surface area contributed by atoms with Crippen LogP contribution < -0.4 is 0 Å². The van der Waals surface area contributed by atoms with Gasteiger partial charge in [0.25, 0.3) is 5.91 Å². The van der Waals surface area contributed by atoms with Crippen molar-refractivity contribution in [2.45, 2.75) is 58.2 Å². The van der Waals surface area contributed by atoms with E-state index in [0.717, 1.165) is 55.0 Å². The Morgan fingerprint density at radius 2 is 1.59 bits per heavy atom. The minimum absolute atomic E-state index is 0.100. The Bertz CT molecular complexity index is 1040. The fourth-order valence-corrected chi connectivity index (χ4v) is 4.96. The SMILES string of the molecule is CCCCc1ccc(C(=O)N(Cc2ccccc2Cl)C2CCN(Cc3ccccc3)CC2)cc1. The number of piperidine rings is 1.